The number of hydrogen-bond donors (Lipinski definition) is 1. The van der Waals surface area contributed by atoms with Crippen LogP contribution in [0.2, 0.25) is 0 Å². The second-order valence-corrected chi connectivity index (χ2v) is 12.5. The van der Waals surface area contributed by atoms with Crippen LogP contribution in [-0.2, 0) is 33.3 Å². The van der Waals surface area contributed by atoms with Gasteiger partial charge in [-0.1, -0.05) is 43.3 Å². The van der Waals surface area contributed by atoms with Crippen LogP contribution in [0.4, 0.5) is 0 Å². The van der Waals surface area contributed by atoms with Gasteiger partial charge in [0, 0.05) is 25.7 Å². The Morgan fingerprint density at radius 3 is 1.79 bits per heavy atom. The highest BCUT2D eigenvalue weighted by Crippen LogP contribution is 2.68. The summed E-state index contributed by atoms with van der Waals surface area (Å²) in [6, 6.07) is 16.7. The molecule has 9 atom stereocenters. The van der Waals surface area contributed by atoms with Crippen LogP contribution in [0, 0.1) is 17.3 Å². The summed E-state index contributed by atoms with van der Waals surface area (Å²) in [7, 11) is 0. The molecule has 0 amide bonds. The SMILES string of the molecule is CC(=O)OC1C(O)C(C)C23OC(C)(C)C(CC(OC(=O)c4ccccc4)C2(C)C1OC(=O)c1ccccc1)C3OC(C)=O. The Balaban J connectivity index is 1.71. The third kappa shape index (κ3) is 4.90. The van der Waals surface area contributed by atoms with Crippen LogP contribution < -0.4 is 0 Å². The quantitative estimate of drug-likeness (QED) is 0.388. The Morgan fingerprint density at radius 2 is 1.28 bits per heavy atom. The standard InChI is InChI=1S/C33H38O10/c1-18-25(36)26(39-19(2)34)28(42-30(38)22-15-11-8-12-16-22)32(6)24(41-29(37)21-13-9-7-10-14-21)17-23-27(40-20(3)35)33(18,32)43-31(23,4)5/h7-16,18,23-28,36H,17H2,1-6H3. The van der Waals surface area contributed by atoms with E-state index in [0.717, 1.165) is 0 Å². The van der Waals surface area contributed by atoms with E-state index in [4.69, 9.17) is 23.7 Å². The Hall–Kier alpha value is -3.76. The number of hydrogen-bond acceptors (Lipinski definition) is 10. The number of aliphatic hydroxyl groups excluding tert-OH is 1. The van der Waals surface area contributed by atoms with Crippen molar-refractivity contribution in [3.8, 4) is 0 Å². The molecule has 2 saturated carbocycles. The monoisotopic (exact) mass is 594 g/mol. The first-order valence-electron chi connectivity index (χ1n) is 14.5. The van der Waals surface area contributed by atoms with Crippen LogP contribution in [0.1, 0.15) is 68.7 Å². The second-order valence-electron chi connectivity index (χ2n) is 12.5. The summed E-state index contributed by atoms with van der Waals surface area (Å²) in [6.07, 6.45) is -5.83. The van der Waals surface area contributed by atoms with Crippen molar-refractivity contribution < 1.29 is 48.0 Å². The molecule has 2 aliphatic carbocycles. The fourth-order valence-corrected chi connectivity index (χ4v) is 7.65. The summed E-state index contributed by atoms with van der Waals surface area (Å²) in [5.74, 6) is -3.89. The van der Waals surface area contributed by atoms with E-state index in [2.05, 4.69) is 0 Å². The summed E-state index contributed by atoms with van der Waals surface area (Å²) >= 11 is 0. The Labute approximate surface area is 250 Å². The number of carbonyl (C=O) groups excluding carboxylic acids is 4. The van der Waals surface area contributed by atoms with Gasteiger partial charge in [-0.05, 0) is 51.5 Å². The van der Waals surface area contributed by atoms with Gasteiger partial charge in [-0.3, -0.25) is 9.59 Å². The number of fused-ring (bicyclic) bond motifs is 1. The lowest BCUT2D eigenvalue weighted by Crippen LogP contribution is -2.79. The van der Waals surface area contributed by atoms with Crippen molar-refractivity contribution in [3.63, 3.8) is 0 Å². The van der Waals surface area contributed by atoms with Crippen LogP contribution in [-0.4, -0.2) is 70.7 Å². The summed E-state index contributed by atoms with van der Waals surface area (Å²) in [5, 5.41) is 11.8. The minimum atomic E-state index is -1.52. The molecule has 3 fully saturated rings. The first-order chi connectivity index (χ1) is 20.2. The maximum absolute atomic E-state index is 13.6. The highest BCUT2D eigenvalue weighted by atomic mass is 16.6. The van der Waals surface area contributed by atoms with Crippen molar-refractivity contribution in [2.24, 2.45) is 17.3 Å². The molecule has 1 aliphatic heterocycles. The summed E-state index contributed by atoms with van der Waals surface area (Å²) in [4.78, 5) is 52.1. The van der Waals surface area contributed by atoms with Crippen molar-refractivity contribution >= 4 is 23.9 Å². The number of benzene rings is 2. The zero-order valence-corrected chi connectivity index (χ0v) is 25.1. The van der Waals surface area contributed by atoms with Gasteiger partial charge in [0.15, 0.2) is 12.2 Å². The molecule has 230 valence electrons. The second kappa shape index (κ2) is 11.1. The normalized spacial score (nSPS) is 35.7. The molecule has 3 aliphatic rings. The molecule has 10 nitrogen and oxygen atoms in total. The molecule has 2 bridgehead atoms. The predicted octanol–water partition coefficient (Wildman–Crippen LogP) is 3.89. The fourth-order valence-electron chi connectivity index (χ4n) is 7.65. The summed E-state index contributed by atoms with van der Waals surface area (Å²) in [5.41, 5.74) is -3.38. The molecule has 9 unspecified atom stereocenters. The molecule has 0 aromatic heterocycles. The van der Waals surface area contributed by atoms with Crippen LogP contribution in [0.25, 0.3) is 0 Å². The van der Waals surface area contributed by atoms with Crippen molar-refractivity contribution in [3.05, 3.63) is 71.8 Å². The lowest BCUT2D eigenvalue weighted by atomic mass is 9.47. The highest BCUT2D eigenvalue weighted by Gasteiger charge is 2.82. The van der Waals surface area contributed by atoms with Gasteiger partial charge in [0.2, 0.25) is 0 Å². The molecule has 43 heavy (non-hydrogen) atoms. The third-order valence-electron chi connectivity index (χ3n) is 9.60. The van der Waals surface area contributed by atoms with Crippen molar-refractivity contribution in [1.82, 2.24) is 0 Å². The number of carbonyl (C=O) groups is 4. The molecule has 5 rings (SSSR count). The number of aliphatic hydroxyl groups is 1. The largest absolute Gasteiger partial charge is 0.459 e. The van der Waals surface area contributed by atoms with Crippen molar-refractivity contribution in [2.45, 2.75) is 89.7 Å². The molecule has 2 aromatic rings. The summed E-state index contributed by atoms with van der Waals surface area (Å²) < 4.78 is 31.0. The minimum Gasteiger partial charge on any atom is -0.459 e. The fraction of sp³-hybridized carbons (Fsp3) is 0.515. The Bertz CT molecular complexity index is 1390. The molecule has 2 aromatic carbocycles. The lowest BCUT2D eigenvalue weighted by molar-refractivity contribution is -0.322. The van der Waals surface area contributed by atoms with Gasteiger partial charge in [0.25, 0.3) is 0 Å². The zero-order valence-electron chi connectivity index (χ0n) is 25.1. The Morgan fingerprint density at radius 1 is 0.767 bits per heavy atom. The smallest absolute Gasteiger partial charge is 0.338 e. The van der Waals surface area contributed by atoms with E-state index in [1.807, 2.05) is 13.8 Å². The molecule has 0 radical (unpaired) electrons. The summed E-state index contributed by atoms with van der Waals surface area (Å²) in [6.45, 7) is 9.64. The zero-order chi connectivity index (χ0) is 31.3. The molecular weight excluding hydrogens is 556 g/mol. The molecule has 10 heteroatoms. The van der Waals surface area contributed by atoms with Crippen LogP contribution in [0.3, 0.4) is 0 Å². The van der Waals surface area contributed by atoms with Gasteiger partial charge in [0.05, 0.1) is 22.1 Å². The predicted molar refractivity (Wildman–Crippen MR) is 152 cm³/mol. The minimum absolute atomic E-state index is 0.177. The first kappa shape index (κ1) is 30.7. The average Bonchev–Trinajstić information content (AvgIpc) is 3.14. The lowest BCUT2D eigenvalue weighted by Gasteiger charge is -2.63. The van der Waals surface area contributed by atoms with Gasteiger partial charge >= 0.3 is 23.9 Å². The van der Waals surface area contributed by atoms with Gasteiger partial charge in [-0.2, -0.15) is 0 Å². The average molecular weight is 595 g/mol. The van der Waals surface area contributed by atoms with Crippen molar-refractivity contribution in [2.75, 3.05) is 0 Å². The van der Waals surface area contributed by atoms with Crippen LogP contribution in [0.15, 0.2) is 60.7 Å². The van der Waals surface area contributed by atoms with E-state index in [-0.39, 0.29) is 12.0 Å². The highest BCUT2D eigenvalue weighted by molar-refractivity contribution is 5.90. The van der Waals surface area contributed by atoms with Gasteiger partial charge < -0.3 is 28.8 Å². The topological polar surface area (TPSA) is 135 Å². The van der Waals surface area contributed by atoms with E-state index in [1.54, 1.807) is 74.5 Å². The Kier molecular flexibility index (Phi) is 7.89. The van der Waals surface area contributed by atoms with E-state index >= 15 is 0 Å². The van der Waals surface area contributed by atoms with Gasteiger partial charge in [-0.15, -0.1) is 0 Å². The first-order valence-corrected chi connectivity index (χ1v) is 14.5. The van der Waals surface area contributed by atoms with Gasteiger partial charge in [-0.25, -0.2) is 9.59 Å². The van der Waals surface area contributed by atoms with E-state index in [0.29, 0.717) is 5.56 Å². The molecule has 1 saturated heterocycles. The molecule has 1 N–H and O–H groups in total. The third-order valence-corrected chi connectivity index (χ3v) is 9.60. The number of esters is 4. The van der Waals surface area contributed by atoms with E-state index < -0.39 is 82.8 Å². The number of ether oxygens (including phenoxy) is 5. The molecular formula is C33H38O10. The van der Waals surface area contributed by atoms with Crippen LogP contribution in [0.5, 0.6) is 0 Å². The van der Waals surface area contributed by atoms with Gasteiger partial charge in [0.1, 0.15) is 23.9 Å². The molecule has 1 spiro atoms. The van der Waals surface area contributed by atoms with Crippen LogP contribution >= 0.6 is 0 Å². The maximum atomic E-state index is 13.6. The van der Waals surface area contributed by atoms with E-state index in [1.165, 1.54) is 13.8 Å². The van der Waals surface area contributed by atoms with E-state index in [9.17, 15) is 24.3 Å². The maximum Gasteiger partial charge on any atom is 0.338 e. The molecule has 1 heterocycles. The van der Waals surface area contributed by atoms with Crippen molar-refractivity contribution in [1.29, 1.82) is 0 Å². The number of rotatable bonds is 6.